The zero-order valence-electron chi connectivity index (χ0n) is 28.4. The monoisotopic (exact) mass is 655 g/mol. The third-order valence-corrected chi connectivity index (χ3v) is 9.61. The molecular weight excluding hydrogens is 619 g/mol. The van der Waals surface area contributed by atoms with Crippen molar-refractivity contribution in [1.82, 2.24) is 9.97 Å². The van der Waals surface area contributed by atoms with Crippen molar-refractivity contribution in [3.05, 3.63) is 198 Å². The molecule has 0 saturated heterocycles. The van der Waals surface area contributed by atoms with Gasteiger partial charge < -0.3 is 0 Å². The predicted octanol–water partition coefficient (Wildman–Crippen LogP) is 12.1. The summed E-state index contributed by atoms with van der Waals surface area (Å²) in [6, 6.07) is 45.1. The summed E-state index contributed by atoms with van der Waals surface area (Å²) < 4.78 is 0. The van der Waals surface area contributed by atoms with Crippen LogP contribution >= 0.6 is 0 Å². The van der Waals surface area contributed by atoms with Gasteiger partial charge >= 0.3 is 0 Å². The number of hydrogen-bond donors (Lipinski definition) is 0. The van der Waals surface area contributed by atoms with Crippen molar-refractivity contribution in [2.24, 2.45) is 4.99 Å². The molecule has 2 aliphatic carbocycles. The first kappa shape index (κ1) is 31.8. The molecule has 0 N–H and O–H groups in total. The number of hydrogen-bond acceptors (Lipinski definition) is 3. The lowest BCUT2D eigenvalue weighted by Gasteiger charge is -2.21. The fraction of sp³-hybridized carbons (Fsp3) is 0.0625. The molecule has 0 radical (unpaired) electrons. The smallest absolute Gasteiger partial charge is 0.0886 e. The van der Waals surface area contributed by atoms with Crippen molar-refractivity contribution in [3.63, 3.8) is 0 Å². The molecular formula is C48H37N3. The Balaban J connectivity index is 1.17. The zero-order chi connectivity index (χ0) is 34.4. The Morgan fingerprint density at radius 2 is 1.27 bits per heavy atom. The fourth-order valence-corrected chi connectivity index (χ4v) is 6.81. The Kier molecular flexibility index (Phi) is 9.09. The minimum atomic E-state index is 0.745. The van der Waals surface area contributed by atoms with Gasteiger partial charge in [-0.25, -0.2) is 0 Å². The summed E-state index contributed by atoms with van der Waals surface area (Å²) in [5.41, 5.74) is 16.6. The van der Waals surface area contributed by atoms with E-state index in [9.17, 15) is 0 Å². The van der Waals surface area contributed by atoms with Gasteiger partial charge in [-0.05, 0) is 94.8 Å². The summed E-state index contributed by atoms with van der Waals surface area (Å²) >= 11 is 0. The molecule has 4 aromatic carbocycles. The molecule has 0 atom stereocenters. The maximum Gasteiger partial charge on any atom is 0.0886 e. The quantitative estimate of drug-likeness (QED) is 0.153. The lowest BCUT2D eigenvalue weighted by atomic mass is 9.86. The number of allylic oxidation sites excluding steroid dienone is 8. The molecule has 0 spiro atoms. The van der Waals surface area contributed by atoms with Crippen LogP contribution in [0.15, 0.2) is 181 Å². The number of benzene rings is 4. The highest BCUT2D eigenvalue weighted by Gasteiger charge is 2.20. The standard InChI is InChI=1S/C48H37N3/c1-49-46(28-17-34-11-5-2-6-12-34)47-30-27-42(33-50-47)43-32-48(40-24-22-38(23-25-40)36-15-9-4-10-16-36)51-45-29-26-41(31-44(43)45)39-20-18-37(19-21-39)35-13-7-3-8-14-35/h2-11,13-25,27-28,30-33H,1,12,26,29H2/b34-17-,46-28-. The van der Waals surface area contributed by atoms with Crippen LogP contribution in [0.2, 0.25) is 0 Å². The first-order valence-corrected chi connectivity index (χ1v) is 17.5. The minimum Gasteiger partial charge on any atom is -0.262 e. The van der Waals surface area contributed by atoms with Crippen LogP contribution in [0.25, 0.3) is 62.0 Å². The van der Waals surface area contributed by atoms with E-state index < -0.39 is 0 Å². The summed E-state index contributed by atoms with van der Waals surface area (Å²) in [6.45, 7) is 3.83. The third-order valence-electron chi connectivity index (χ3n) is 9.61. The highest BCUT2D eigenvalue weighted by atomic mass is 14.8. The molecule has 0 saturated carbocycles. The van der Waals surface area contributed by atoms with Gasteiger partial charge in [-0.2, -0.15) is 0 Å². The Hall–Kier alpha value is -6.45. The van der Waals surface area contributed by atoms with Gasteiger partial charge in [0, 0.05) is 28.6 Å². The summed E-state index contributed by atoms with van der Waals surface area (Å²) in [5.74, 6) is 0. The molecule has 51 heavy (non-hydrogen) atoms. The molecule has 2 heterocycles. The van der Waals surface area contributed by atoms with Gasteiger partial charge in [0.1, 0.15) is 0 Å². The van der Waals surface area contributed by atoms with Crippen LogP contribution in [0, 0.1) is 0 Å². The number of aromatic nitrogens is 2. The normalized spacial score (nSPS) is 14.6. The van der Waals surface area contributed by atoms with Crippen molar-refractivity contribution < 1.29 is 0 Å². The Labute approximate surface area is 300 Å². The summed E-state index contributed by atoms with van der Waals surface area (Å²) in [4.78, 5) is 14.5. The van der Waals surface area contributed by atoms with Gasteiger partial charge in [-0.1, -0.05) is 146 Å². The first-order chi connectivity index (χ1) is 25.2. The topological polar surface area (TPSA) is 38.1 Å². The Morgan fingerprint density at radius 1 is 0.647 bits per heavy atom. The van der Waals surface area contributed by atoms with E-state index in [2.05, 4.69) is 163 Å². The molecule has 244 valence electrons. The van der Waals surface area contributed by atoms with E-state index >= 15 is 0 Å². The maximum absolute atomic E-state index is 5.27. The molecule has 2 aromatic heterocycles. The average Bonchev–Trinajstić information content (AvgIpc) is 3.22. The van der Waals surface area contributed by atoms with Crippen molar-refractivity contribution in [3.8, 4) is 44.6 Å². The van der Waals surface area contributed by atoms with Crippen LogP contribution in [-0.4, -0.2) is 16.7 Å². The number of aryl methyl sites for hydroxylation is 1. The molecule has 0 unspecified atom stereocenters. The average molecular weight is 656 g/mol. The van der Waals surface area contributed by atoms with Gasteiger partial charge in [0.15, 0.2) is 0 Å². The lowest BCUT2D eigenvalue weighted by Crippen LogP contribution is -2.05. The number of nitrogens with zero attached hydrogens (tertiary/aromatic N) is 3. The van der Waals surface area contributed by atoms with Gasteiger partial charge in [0.25, 0.3) is 0 Å². The molecule has 0 fully saturated rings. The molecule has 0 aliphatic heterocycles. The maximum atomic E-state index is 5.27. The summed E-state index contributed by atoms with van der Waals surface area (Å²) in [7, 11) is 0. The summed E-state index contributed by atoms with van der Waals surface area (Å²) in [5, 5.41) is 0. The molecule has 6 aromatic rings. The van der Waals surface area contributed by atoms with Gasteiger partial charge in [-0.3, -0.25) is 15.0 Å². The number of fused-ring (bicyclic) bond motifs is 1. The third kappa shape index (κ3) is 7.01. The van der Waals surface area contributed by atoms with Crippen molar-refractivity contribution in [2.45, 2.75) is 19.3 Å². The van der Waals surface area contributed by atoms with Crippen LogP contribution in [0.4, 0.5) is 0 Å². The predicted molar refractivity (Wildman–Crippen MR) is 215 cm³/mol. The summed E-state index contributed by atoms with van der Waals surface area (Å²) in [6.07, 6.45) is 19.5. The van der Waals surface area contributed by atoms with E-state index in [-0.39, 0.29) is 0 Å². The van der Waals surface area contributed by atoms with Crippen LogP contribution in [0.5, 0.6) is 0 Å². The second-order valence-corrected chi connectivity index (χ2v) is 12.8. The lowest BCUT2D eigenvalue weighted by molar-refractivity contribution is 0.943. The minimum absolute atomic E-state index is 0.745. The van der Waals surface area contributed by atoms with Crippen LogP contribution in [-0.2, 0) is 6.42 Å². The van der Waals surface area contributed by atoms with Crippen molar-refractivity contribution in [1.29, 1.82) is 0 Å². The van der Waals surface area contributed by atoms with Crippen LogP contribution < -0.4 is 0 Å². The molecule has 3 heteroatoms. The van der Waals surface area contributed by atoms with Crippen LogP contribution in [0.1, 0.15) is 35.4 Å². The molecule has 0 bridgehead atoms. The van der Waals surface area contributed by atoms with E-state index in [0.717, 1.165) is 64.3 Å². The van der Waals surface area contributed by atoms with E-state index in [1.165, 1.54) is 39.0 Å². The highest BCUT2D eigenvalue weighted by molar-refractivity contribution is 5.91. The Bertz CT molecular complexity index is 2340. The molecule has 2 aliphatic rings. The van der Waals surface area contributed by atoms with E-state index in [1.54, 1.807) is 0 Å². The molecule has 0 amide bonds. The van der Waals surface area contributed by atoms with Gasteiger partial charge in [-0.15, -0.1) is 0 Å². The van der Waals surface area contributed by atoms with Crippen molar-refractivity contribution >= 4 is 24.1 Å². The molecule has 8 rings (SSSR count). The van der Waals surface area contributed by atoms with E-state index in [0.29, 0.717) is 0 Å². The van der Waals surface area contributed by atoms with Gasteiger partial charge in [0.05, 0.1) is 17.1 Å². The highest BCUT2D eigenvalue weighted by Crippen LogP contribution is 2.39. The second kappa shape index (κ2) is 14.6. The number of aliphatic imine (C=N–C) groups is 1. The Morgan fingerprint density at radius 3 is 1.88 bits per heavy atom. The van der Waals surface area contributed by atoms with Gasteiger partial charge in [0.2, 0.25) is 0 Å². The van der Waals surface area contributed by atoms with E-state index in [4.69, 9.17) is 9.97 Å². The largest absolute Gasteiger partial charge is 0.262 e. The first-order valence-electron chi connectivity index (χ1n) is 17.5. The number of rotatable bonds is 8. The van der Waals surface area contributed by atoms with Crippen molar-refractivity contribution in [2.75, 3.05) is 0 Å². The van der Waals surface area contributed by atoms with E-state index in [1.807, 2.05) is 24.4 Å². The van der Waals surface area contributed by atoms with Crippen LogP contribution in [0.3, 0.4) is 0 Å². The number of pyridine rings is 2. The SMILES string of the molecule is C=N/C(=C\C=C1\C=CC=CC1)c1ccc(-c2cc(-c3ccc(-c4ccccc4)cc3)nc3c2C=C(c2ccc(-c4ccccc4)cc2)CC3)cn1. The zero-order valence-corrected chi connectivity index (χ0v) is 28.4. The molecule has 3 nitrogen and oxygen atoms in total. The second-order valence-electron chi connectivity index (χ2n) is 12.8. The fourth-order valence-electron chi connectivity index (χ4n) is 6.81.